The van der Waals surface area contributed by atoms with Crippen LogP contribution in [0.3, 0.4) is 0 Å². The zero-order valence-electron chi connectivity index (χ0n) is 16.8. The van der Waals surface area contributed by atoms with E-state index in [4.69, 9.17) is 4.74 Å². The summed E-state index contributed by atoms with van der Waals surface area (Å²) >= 11 is 0. The molecule has 1 heterocycles. The molecule has 2 aromatic carbocycles. The van der Waals surface area contributed by atoms with Crippen LogP contribution in [-0.4, -0.2) is 58.6 Å². The molecule has 8 heteroatoms. The largest absolute Gasteiger partial charge is 0.494 e. The van der Waals surface area contributed by atoms with Gasteiger partial charge in [0.15, 0.2) is 0 Å². The molecular weight excluding hydrogens is 390 g/mol. The number of amides is 1. The monoisotopic (exact) mass is 418 g/mol. The Labute approximate surface area is 172 Å². The summed E-state index contributed by atoms with van der Waals surface area (Å²) < 4.78 is 33.5. The Morgan fingerprint density at radius 3 is 2.41 bits per heavy atom. The summed E-state index contributed by atoms with van der Waals surface area (Å²) in [5, 5.41) is 0. The van der Waals surface area contributed by atoms with Crippen molar-refractivity contribution in [2.24, 2.45) is 0 Å². The Morgan fingerprint density at radius 2 is 1.79 bits per heavy atom. The molecule has 1 amide bonds. The lowest BCUT2D eigenvalue weighted by atomic mass is 10.2. The summed E-state index contributed by atoms with van der Waals surface area (Å²) in [5.41, 5.74) is 0.823. The normalized spacial score (nSPS) is 15.2. The molecule has 0 saturated carbocycles. The van der Waals surface area contributed by atoms with E-state index < -0.39 is 10.0 Å². The first-order valence-electron chi connectivity index (χ1n) is 9.91. The van der Waals surface area contributed by atoms with Gasteiger partial charge >= 0.3 is 0 Å². The van der Waals surface area contributed by atoms with Crippen LogP contribution in [0.5, 0.6) is 5.75 Å². The van der Waals surface area contributed by atoms with E-state index in [9.17, 15) is 13.2 Å². The smallest absolute Gasteiger partial charge is 0.261 e. The number of benzene rings is 2. The number of nitrogens with one attached hydrogen (secondary N) is 2. The van der Waals surface area contributed by atoms with Gasteiger partial charge in [0.2, 0.25) is 0 Å². The van der Waals surface area contributed by atoms with Crippen molar-refractivity contribution >= 4 is 21.6 Å². The van der Waals surface area contributed by atoms with Crippen LogP contribution in [0.15, 0.2) is 53.4 Å². The molecule has 1 fully saturated rings. The fourth-order valence-electron chi connectivity index (χ4n) is 3.36. The van der Waals surface area contributed by atoms with Gasteiger partial charge in [-0.1, -0.05) is 6.07 Å². The molecule has 0 bridgehead atoms. The van der Waals surface area contributed by atoms with E-state index in [1.54, 1.807) is 41.3 Å². The third kappa shape index (κ3) is 5.27. The van der Waals surface area contributed by atoms with Crippen LogP contribution in [0, 0.1) is 0 Å². The van der Waals surface area contributed by atoms with Gasteiger partial charge in [-0.3, -0.25) is 9.52 Å². The summed E-state index contributed by atoms with van der Waals surface area (Å²) in [7, 11) is -3.80. The number of hydrogen-bond acceptors (Lipinski definition) is 4. The van der Waals surface area contributed by atoms with Crippen molar-refractivity contribution in [2.75, 3.05) is 44.1 Å². The molecule has 29 heavy (non-hydrogen) atoms. The standard InChI is InChI=1S/C21H27N3O4S/c1-3-23-12-14-24(15-13-23)21(25)17-6-5-7-20(16-17)29(26,27)22-18-8-10-19(11-9-18)28-4-2/h5-11,16,22H,3-4,12-15H2,1-2H3/p+1. The zero-order valence-corrected chi connectivity index (χ0v) is 17.7. The predicted octanol–water partition coefficient (Wildman–Crippen LogP) is 1.25. The number of piperazine rings is 1. The van der Waals surface area contributed by atoms with Crippen LogP contribution in [0.2, 0.25) is 0 Å². The maximum atomic E-state index is 12.8. The molecule has 0 unspecified atom stereocenters. The SMILES string of the molecule is CCOc1ccc(NS(=O)(=O)c2cccc(C(=O)N3CC[NH+](CC)CC3)c2)cc1. The highest BCUT2D eigenvalue weighted by Crippen LogP contribution is 2.20. The molecule has 0 aromatic heterocycles. The Balaban J connectivity index is 1.73. The second-order valence-corrected chi connectivity index (χ2v) is 8.67. The van der Waals surface area contributed by atoms with Crippen LogP contribution in [0.1, 0.15) is 24.2 Å². The Bertz CT molecular complexity index is 937. The van der Waals surface area contributed by atoms with Crippen molar-refractivity contribution in [3.05, 3.63) is 54.1 Å². The minimum Gasteiger partial charge on any atom is -0.494 e. The van der Waals surface area contributed by atoms with Gasteiger partial charge in [0, 0.05) is 11.3 Å². The predicted molar refractivity (Wildman–Crippen MR) is 112 cm³/mol. The van der Waals surface area contributed by atoms with Crippen molar-refractivity contribution in [3.8, 4) is 5.75 Å². The number of nitrogens with zero attached hydrogens (tertiary/aromatic N) is 1. The average Bonchev–Trinajstić information content (AvgIpc) is 2.75. The molecule has 0 aliphatic carbocycles. The van der Waals surface area contributed by atoms with E-state index in [2.05, 4.69) is 11.6 Å². The molecule has 1 saturated heterocycles. The van der Waals surface area contributed by atoms with E-state index in [0.29, 0.717) is 36.7 Å². The number of hydrogen-bond donors (Lipinski definition) is 2. The molecule has 3 rings (SSSR count). The molecule has 0 atom stereocenters. The lowest BCUT2D eigenvalue weighted by molar-refractivity contribution is -0.902. The number of rotatable bonds is 7. The number of carbonyl (C=O) groups excluding carboxylic acids is 1. The van der Waals surface area contributed by atoms with E-state index in [-0.39, 0.29) is 10.8 Å². The van der Waals surface area contributed by atoms with Crippen molar-refractivity contribution < 1.29 is 22.8 Å². The van der Waals surface area contributed by atoms with E-state index >= 15 is 0 Å². The minimum absolute atomic E-state index is 0.0649. The summed E-state index contributed by atoms with van der Waals surface area (Å²) in [6.07, 6.45) is 0. The molecule has 1 aliphatic heterocycles. The van der Waals surface area contributed by atoms with Crippen LogP contribution in [0.4, 0.5) is 5.69 Å². The van der Waals surface area contributed by atoms with Gasteiger partial charge in [0.25, 0.3) is 15.9 Å². The number of sulfonamides is 1. The van der Waals surface area contributed by atoms with Crippen LogP contribution < -0.4 is 14.4 Å². The molecule has 0 spiro atoms. The number of carbonyl (C=O) groups is 1. The van der Waals surface area contributed by atoms with Gasteiger partial charge in [-0.2, -0.15) is 0 Å². The van der Waals surface area contributed by atoms with E-state index in [1.807, 2.05) is 6.92 Å². The van der Waals surface area contributed by atoms with Gasteiger partial charge in [-0.25, -0.2) is 8.42 Å². The van der Waals surface area contributed by atoms with Gasteiger partial charge in [0.05, 0.1) is 44.2 Å². The lowest BCUT2D eigenvalue weighted by Gasteiger charge is -2.31. The Kier molecular flexibility index (Phi) is 6.76. The first-order valence-corrected chi connectivity index (χ1v) is 11.4. The number of quaternary nitrogens is 1. The highest BCUT2D eigenvalue weighted by atomic mass is 32.2. The number of ether oxygens (including phenoxy) is 1. The second kappa shape index (κ2) is 9.28. The van der Waals surface area contributed by atoms with E-state index in [0.717, 1.165) is 19.6 Å². The fourth-order valence-corrected chi connectivity index (χ4v) is 4.46. The lowest BCUT2D eigenvalue weighted by Crippen LogP contribution is -3.14. The van der Waals surface area contributed by atoms with Gasteiger partial charge < -0.3 is 14.5 Å². The quantitative estimate of drug-likeness (QED) is 0.709. The molecule has 1 aliphatic rings. The molecular formula is C21H28N3O4S+. The van der Waals surface area contributed by atoms with Gasteiger partial charge in [-0.15, -0.1) is 0 Å². The maximum absolute atomic E-state index is 12.8. The molecule has 156 valence electrons. The summed E-state index contributed by atoms with van der Waals surface area (Å²) in [5.74, 6) is 0.548. The highest BCUT2D eigenvalue weighted by Gasteiger charge is 2.24. The molecule has 7 nitrogen and oxygen atoms in total. The average molecular weight is 419 g/mol. The zero-order chi connectivity index (χ0) is 20.9. The molecule has 0 radical (unpaired) electrons. The van der Waals surface area contributed by atoms with Gasteiger partial charge in [-0.05, 0) is 56.3 Å². The molecule has 2 aromatic rings. The first kappa shape index (κ1) is 21.1. The number of anilines is 1. The summed E-state index contributed by atoms with van der Waals surface area (Å²) in [6.45, 7) is 8.81. The maximum Gasteiger partial charge on any atom is 0.261 e. The minimum atomic E-state index is -3.80. The molecule has 2 N–H and O–H groups in total. The second-order valence-electron chi connectivity index (χ2n) is 6.99. The van der Waals surface area contributed by atoms with Crippen molar-refractivity contribution in [1.82, 2.24) is 4.90 Å². The Morgan fingerprint density at radius 1 is 1.10 bits per heavy atom. The Hall–Kier alpha value is -2.58. The highest BCUT2D eigenvalue weighted by molar-refractivity contribution is 7.92. The third-order valence-electron chi connectivity index (χ3n) is 5.07. The van der Waals surface area contributed by atoms with Crippen molar-refractivity contribution in [2.45, 2.75) is 18.7 Å². The van der Waals surface area contributed by atoms with Gasteiger partial charge in [0.1, 0.15) is 5.75 Å². The third-order valence-corrected chi connectivity index (χ3v) is 6.45. The summed E-state index contributed by atoms with van der Waals surface area (Å²) in [6, 6.07) is 12.9. The number of likely N-dealkylation sites (N-methyl/N-ethyl adjacent to an activating group) is 1. The van der Waals surface area contributed by atoms with Crippen molar-refractivity contribution in [1.29, 1.82) is 0 Å². The van der Waals surface area contributed by atoms with E-state index in [1.165, 1.54) is 17.0 Å². The van der Waals surface area contributed by atoms with Crippen molar-refractivity contribution in [3.63, 3.8) is 0 Å². The fraction of sp³-hybridized carbons (Fsp3) is 0.381. The summed E-state index contributed by atoms with van der Waals surface area (Å²) in [4.78, 5) is 16.2. The topological polar surface area (TPSA) is 80.1 Å². The van der Waals surface area contributed by atoms with Crippen LogP contribution >= 0.6 is 0 Å². The van der Waals surface area contributed by atoms with Crippen LogP contribution in [-0.2, 0) is 10.0 Å². The first-order chi connectivity index (χ1) is 13.9. The van der Waals surface area contributed by atoms with Crippen LogP contribution in [0.25, 0.3) is 0 Å².